The number of aliphatic hydroxyl groups is 1. The second-order valence-electron chi connectivity index (χ2n) is 4.07. The third-order valence-electron chi connectivity index (χ3n) is 2.57. The summed E-state index contributed by atoms with van der Waals surface area (Å²) in [7, 11) is 0. The predicted octanol–water partition coefficient (Wildman–Crippen LogP) is 2.14. The van der Waals surface area contributed by atoms with Gasteiger partial charge in [-0.1, -0.05) is 24.8 Å². The summed E-state index contributed by atoms with van der Waals surface area (Å²) >= 11 is 1.53. The summed E-state index contributed by atoms with van der Waals surface area (Å²) in [4.78, 5) is 0. The van der Waals surface area contributed by atoms with Crippen molar-refractivity contribution in [3.8, 4) is 11.8 Å². The summed E-state index contributed by atoms with van der Waals surface area (Å²) in [5, 5.41) is 9.45. The fourth-order valence-electron chi connectivity index (χ4n) is 1.26. The van der Waals surface area contributed by atoms with Gasteiger partial charge in [-0.2, -0.15) is 11.8 Å². The van der Waals surface area contributed by atoms with Crippen molar-refractivity contribution < 1.29 is 9.50 Å². The van der Waals surface area contributed by atoms with Gasteiger partial charge in [0.15, 0.2) is 0 Å². The molecule has 0 bridgehead atoms. The van der Waals surface area contributed by atoms with Gasteiger partial charge in [0.25, 0.3) is 0 Å². The van der Waals surface area contributed by atoms with Gasteiger partial charge in [-0.25, -0.2) is 4.39 Å². The molecule has 1 aromatic rings. The van der Waals surface area contributed by atoms with E-state index in [4.69, 9.17) is 5.73 Å². The molecule has 0 aliphatic rings. The first-order valence-electron chi connectivity index (χ1n) is 5.81. The highest BCUT2D eigenvalue weighted by Crippen LogP contribution is 2.22. The first kappa shape index (κ1) is 15.0. The molecule has 0 heterocycles. The molecule has 1 rings (SSSR count). The molecule has 2 nitrogen and oxygen atoms in total. The number of nitrogens with two attached hydrogens (primary N) is 1. The Morgan fingerprint density at radius 1 is 1.44 bits per heavy atom. The summed E-state index contributed by atoms with van der Waals surface area (Å²) in [5.74, 6) is 5.77. The lowest BCUT2D eigenvalue weighted by Gasteiger charge is -2.14. The van der Waals surface area contributed by atoms with E-state index in [9.17, 15) is 9.50 Å². The highest BCUT2D eigenvalue weighted by atomic mass is 32.2. The quantitative estimate of drug-likeness (QED) is 0.822. The van der Waals surface area contributed by atoms with Crippen LogP contribution in [0.25, 0.3) is 0 Å². The Hall–Kier alpha value is -1.02. The zero-order valence-corrected chi connectivity index (χ0v) is 11.4. The van der Waals surface area contributed by atoms with Gasteiger partial charge < -0.3 is 10.8 Å². The second-order valence-corrected chi connectivity index (χ2v) is 5.43. The normalized spacial score (nSPS) is 13.6. The Labute approximate surface area is 112 Å². The largest absolute Gasteiger partial charge is 0.392 e. The third-order valence-corrected chi connectivity index (χ3v) is 3.97. The van der Waals surface area contributed by atoms with Crippen LogP contribution >= 0.6 is 11.8 Å². The SMILES string of the molecule is CC(O)C(C)SCc1ccc(C#CCN)cc1F. The molecule has 0 saturated heterocycles. The van der Waals surface area contributed by atoms with Crippen LogP contribution in [-0.4, -0.2) is 23.0 Å². The van der Waals surface area contributed by atoms with Crippen molar-refractivity contribution in [3.05, 3.63) is 35.1 Å². The Morgan fingerprint density at radius 3 is 2.72 bits per heavy atom. The molecule has 1 aromatic carbocycles. The Kier molecular flexibility index (Phi) is 6.20. The number of aliphatic hydroxyl groups excluding tert-OH is 1. The highest BCUT2D eigenvalue weighted by molar-refractivity contribution is 7.99. The van der Waals surface area contributed by atoms with Gasteiger partial charge in [0.05, 0.1) is 12.6 Å². The number of benzene rings is 1. The van der Waals surface area contributed by atoms with Crippen molar-refractivity contribution in [1.82, 2.24) is 0 Å². The maximum atomic E-state index is 13.8. The number of hydrogen-bond acceptors (Lipinski definition) is 3. The lowest BCUT2D eigenvalue weighted by Crippen LogP contribution is -2.15. The van der Waals surface area contributed by atoms with Gasteiger partial charge in [0.1, 0.15) is 5.82 Å². The summed E-state index contributed by atoms with van der Waals surface area (Å²) in [5.41, 5.74) is 6.52. The van der Waals surface area contributed by atoms with Crippen LogP contribution in [0.5, 0.6) is 0 Å². The van der Waals surface area contributed by atoms with Crippen molar-refractivity contribution in [2.75, 3.05) is 6.54 Å². The van der Waals surface area contributed by atoms with Crippen LogP contribution in [0, 0.1) is 17.7 Å². The Balaban J connectivity index is 2.68. The third kappa shape index (κ3) is 4.69. The van der Waals surface area contributed by atoms with E-state index in [1.807, 2.05) is 6.92 Å². The molecular formula is C14H18FNOS. The Morgan fingerprint density at radius 2 is 2.17 bits per heavy atom. The lowest BCUT2D eigenvalue weighted by molar-refractivity contribution is 0.196. The van der Waals surface area contributed by atoms with Crippen molar-refractivity contribution in [3.63, 3.8) is 0 Å². The first-order valence-corrected chi connectivity index (χ1v) is 6.86. The predicted molar refractivity (Wildman–Crippen MR) is 74.8 cm³/mol. The molecule has 0 radical (unpaired) electrons. The van der Waals surface area contributed by atoms with Gasteiger partial charge in [-0.15, -0.1) is 0 Å². The van der Waals surface area contributed by atoms with E-state index in [1.165, 1.54) is 17.8 Å². The van der Waals surface area contributed by atoms with Gasteiger partial charge in [0.2, 0.25) is 0 Å². The topological polar surface area (TPSA) is 46.2 Å². The minimum Gasteiger partial charge on any atom is -0.392 e. The van der Waals surface area contributed by atoms with Crippen LogP contribution in [0.15, 0.2) is 18.2 Å². The van der Waals surface area contributed by atoms with E-state index in [2.05, 4.69) is 11.8 Å². The zero-order chi connectivity index (χ0) is 13.5. The van der Waals surface area contributed by atoms with Gasteiger partial charge in [0, 0.05) is 16.6 Å². The lowest BCUT2D eigenvalue weighted by atomic mass is 10.1. The molecule has 2 atom stereocenters. The van der Waals surface area contributed by atoms with Crippen LogP contribution < -0.4 is 5.73 Å². The van der Waals surface area contributed by atoms with E-state index in [0.29, 0.717) is 16.9 Å². The average molecular weight is 267 g/mol. The smallest absolute Gasteiger partial charge is 0.128 e. The van der Waals surface area contributed by atoms with Crippen molar-refractivity contribution >= 4 is 11.8 Å². The minimum absolute atomic E-state index is 0.0844. The summed E-state index contributed by atoms with van der Waals surface area (Å²) in [6, 6.07) is 4.94. The molecule has 3 N–H and O–H groups in total. The van der Waals surface area contributed by atoms with Gasteiger partial charge in [-0.3, -0.25) is 0 Å². The minimum atomic E-state index is -0.396. The molecule has 0 saturated carbocycles. The fraction of sp³-hybridized carbons (Fsp3) is 0.429. The molecule has 98 valence electrons. The maximum absolute atomic E-state index is 13.8. The fourth-order valence-corrected chi connectivity index (χ4v) is 2.21. The van der Waals surface area contributed by atoms with Crippen LogP contribution in [-0.2, 0) is 5.75 Å². The van der Waals surface area contributed by atoms with Crippen molar-refractivity contribution in [2.24, 2.45) is 5.73 Å². The molecule has 0 spiro atoms. The number of hydrogen-bond donors (Lipinski definition) is 2. The van der Waals surface area contributed by atoms with E-state index in [-0.39, 0.29) is 17.6 Å². The Bertz CT molecular complexity index is 451. The molecule has 18 heavy (non-hydrogen) atoms. The molecule has 0 aromatic heterocycles. The number of thioether (sulfide) groups is 1. The standard InChI is InChI=1S/C14H18FNOS/c1-10(17)11(2)18-9-13-6-5-12(4-3-7-16)8-14(13)15/h5-6,8,10-11,17H,7,9,16H2,1-2H3. The second kappa shape index (κ2) is 7.42. The van der Waals surface area contributed by atoms with E-state index in [1.54, 1.807) is 19.1 Å². The van der Waals surface area contributed by atoms with Crippen LogP contribution in [0.3, 0.4) is 0 Å². The number of rotatable bonds is 4. The van der Waals surface area contributed by atoms with E-state index >= 15 is 0 Å². The van der Waals surface area contributed by atoms with Gasteiger partial charge in [-0.05, 0) is 24.6 Å². The average Bonchev–Trinajstić information content (AvgIpc) is 2.34. The molecule has 4 heteroatoms. The van der Waals surface area contributed by atoms with Crippen molar-refractivity contribution in [1.29, 1.82) is 0 Å². The highest BCUT2D eigenvalue weighted by Gasteiger charge is 2.11. The molecule has 0 amide bonds. The van der Waals surface area contributed by atoms with E-state index < -0.39 is 6.10 Å². The number of halogens is 1. The van der Waals surface area contributed by atoms with Gasteiger partial charge >= 0.3 is 0 Å². The van der Waals surface area contributed by atoms with E-state index in [0.717, 1.165) is 0 Å². The molecular weight excluding hydrogens is 249 g/mol. The van der Waals surface area contributed by atoms with Crippen LogP contribution in [0.4, 0.5) is 4.39 Å². The summed E-state index contributed by atoms with van der Waals surface area (Å²) < 4.78 is 13.8. The molecule has 0 aliphatic carbocycles. The summed E-state index contributed by atoms with van der Waals surface area (Å²) in [6.45, 7) is 3.93. The van der Waals surface area contributed by atoms with Crippen LogP contribution in [0.2, 0.25) is 0 Å². The molecule has 2 unspecified atom stereocenters. The van der Waals surface area contributed by atoms with Crippen LogP contribution in [0.1, 0.15) is 25.0 Å². The summed E-state index contributed by atoms with van der Waals surface area (Å²) in [6.07, 6.45) is -0.396. The van der Waals surface area contributed by atoms with Crippen molar-refractivity contribution in [2.45, 2.75) is 31.0 Å². The zero-order valence-electron chi connectivity index (χ0n) is 10.6. The molecule has 0 fully saturated rings. The monoisotopic (exact) mass is 267 g/mol. The molecule has 0 aliphatic heterocycles. The first-order chi connectivity index (χ1) is 8.54. The maximum Gasteiger partial charge on any atom is 0.128 e.